The number of ether oxygens (including phenoxy) is 1. The Morgan fingerprint density at radius 2 is 2.16 bits per heavy atom. The second-order valence-electron chi connectivity index (χ2n) is 4.25. The van der Waals surface area contributed by atoms with Crippen LogP contribution in [0.2, 0.25) is 0 Å². The van der Waals surface area contributed by atoms with Crippen molar-refractivity contribution in [2.75, 3.05) is 25.6 Å². The topological polar surface area (TPSA) is 110 Å². The maximum absolute atomic E-state index is 12.4. The number of anilines is 1. The molecular formula is C10H17N5O3S. The maximum Gasteiger partial charge on any atom is 0.246 e. The van der Waals surface area contributed by atoms with E-state index in [0.29, 0.717) is 13.1 Å². The molecule has 1 aliphatic heterocycles. The van der Waals surface area contributed by atoms with Gasteiger partial charge in [-0.05, 0) is 12.8 Å². The van der Waals surface area contributed by atoms with E-state index in [1.807, 2.05) is 0 Å². The van der Waals surface area contributed by atoms with Gasteiger partial charge in [0.1, 0.15) is 4.90 Å². The number of nitrogens with two attached hydrogens (primary N) is 1. The van der Waals surface area contributed by atoms with Crippen molar-refractivity contribution in [1.29, 1.82) is 0 Å². The molecule has 1 atom stereocenters. The highest BCUT2D eigenvalue weighted by molar-refractivity contribution is 7.89. The monoisotopic (exact) mass is 287 g/mol. The second-order valence-corrected chi connectivity index (χ2v) is 6.19. The van der Waals surface area contributed by atoms with E-state index in [9.17, 15) is 8.42 Å². The quantitative estimate of drug-likeness (QED) is 0.570. The highest BCUT2D eigenvalue weighted by Gasteiger charge is 2.30. The summed E-state index contributed by atoms with van der Waals surface area (Å²) >= 11 is 0. The van der Waals surface area contributed by atoms with Crippen LogP contribution in [0.15, 0.2) is 17.3 Å². The first kappa shape index (κ1) is 14.1. The van der Waals surface area contributed by atoms with Crippen LogP contribution in [0.5, 0.6) is 0 Å². The Hall–Kier alpha value is -1.29. The molecule has 0 bridgehead atoms. The van der Waals surface area contributed by atoms with Gasteiger partial charge < -0.3 is 4.74 Å². The molecule has 1 aromatic rings. The summed E-state index contributed by atoms with van der Waals surface area (Å²) in [6.07, 6.45) is 4.08. The molecule has 1 saturated heterocycles. The molecule has 2 heterocycles. The van der Waals surface area contributed by atoms with Crippen LogP contribution >= 0.6 is 0 Å². The third kappa shape index (κ3) is 3.00. The van der Waals surface area contributed by atoms with Crippen molar-refractivity contribution >= 4 is 16.0 Å². The van der Waals surface area contributed by atoms with Crippen LogP contribution in [-0.4, -0.2) is 49.0 Å². The van der Waals surface area contributed by atoms with Crippen LogP contribution in [0.3, 0.4) is 0 Å². The predicted molar refractivity (Wildman–Crippen MR) is 68.6 cm³/mol. The molecule has 1 aromatic heterocycles. The molecule has 1 aliphatic rings. The molecule has 1 fully saturated rings. The normalized spacial score (nSPS) is 21.3. The van der Waals surface area contributed by atoms with E-state index in [4.69, 9.17) is 10.6 Å². The van der Waals surface area contributed by atoms with Gasteiger partial charge in [-0.2, -0.15) is 4.31 Å². The Kier molecular flexibility index (Phi) is 4.30. The molecule has 9 heteroatoms. The molecule has 0 aliphatic carbocycles. The lowest BCUT2D eigenvalue weighted by atomic mass is 10.1. The van der Waals surface area contributed by atoms with Crippen molar-refractivity contribution in [3.63, 3.8) is 0 Å². The van der Waals surface area contributed by atoms with Gasteiger partial charge in [0, 0.05) is 20.2 Å². The third-order valence-corrected chi connectivity index (χ3v) is 4.89. The molecular weight excluding hydrogens is 270 g/mol. The van der Waals surface area contributed by atoms with Gasteiger partial charge in [-0.1, -0.05) is 0 Å². The average Bonchev–Trinajstić information content (AvgIpc) is 2.47. The number of nitrogen functional groups attached to an aromatic ring is 1. The highest BCUT2D eigenvalue weighted by atomic mass is 32.2. The van der Waals surface area contributed by atoms with E-state index in [0.717, 1.165) is 12.8 Å². The molecule has 0 amide bonds. The van der Waals surface area contributed by atoms with Crippen molar-refractivity contribution in [2.24, 2.45) is 5.84 Å². The van der Waals surface area contributed by atoms with E-state index in [1.54, 1.807) is 7.11 Å². The van der Waals surface area contributed by atoms with Gasteiger partial charge >= 0.3 is 0 Å². The van der Waals surface area contributed by atoms with Crippen LogP contribution in [-0.2, 0) is 14.8 Å². The number of nitrogens with zero attached hydrogens (tertiary/aromatic N) is 3. The SMILES string of the molecule is COC1CCCN(S(=O)(=O)c2cnc(NN)nc2)C1. The van der Waals surface area contributed by atoms with E-state index in [1.165, 1.54) is 16.7 Å². The number of rotatable bonds is 4. The molecule has 3 N–H and O–H groups in total. The summed E-state index contributed by atoms with van der Waals surface area (Å²) in [5.41, 5.74) is 2.25. The van der Waals surface area contributed by atoms with E-state index >= 15 is 0 Å². The molecule has 19 heavy (non-hydrogen) atoms. The number of aromatic nitrogens is 2. The van der Waals surface area contributed by atoms with Crippen molar-refractivity contribution < 1.29 is 13.2 Å². The number of nitrogens with one attached hydrogen (secondary N) is 1. The number of methoxy groups -OCH3 is 1. The minimum atomic E-state index is -3.57. The van der Waals surface area contributed by atoms with Gasteiger partial charge in [0.2, 0.25) is 16.0 Å². The molecule has 0 radical (unpaired) electrons. The lowest BCUT2D eigenvalue weighted by Crippen LogP contribution is -2.42. The van der Waals surface area contributed by atoms with Gasteiger partial charge in [-0.15, -0.1) is 0 Å². The third-order valence-electron chi connectivity index (χ3n) is 3.07. The average molecular weight is 287 g/mol. The van der Waals surface area contributed by atoms with Crippen LogP contribution in [0.4, 0.5) is 5.95 Å². The van der Waals surface area contributed by atoms with Crippen LogP contribution < -0.4 is 11.3 Å². The zero-order valence-electron chi connectivity index (χ0n) is 10.6. The van der Waals surface area contributed by atoms with Gasteiger partial charge in [-0.3, -0.25) is 5.43 Å². The standard InChI is InChI=1S/C10H17N5O3S/c1-18-8-3-2-4-15(7-8)19(16,17)9-5-12-10(14-11)13-6-9/h5-6,8H,2-4,7,11H2,1H3,(H,12,13,14). The first-order chi connectivity index (χ1) is 9.07. The summed E-state index contributed by atoms with van der Waals surface area (Å²) in [5, 5.41) is 0. The molecule has 8 nitrogen and oxygen atoms in total. The van der Waals surface area contributed by atoms with Crippen molar-refractivity contribution in [3.05, 3.63) is 12.4 Å². The van der Waals surface area contributed by atoms with Crippen molar-refractivity contribution in [3.8, 4) is 0 Å². The zero-order valence-corrected chi connectivity index (χ0v) is 11.4. The summed E-state index contributed by atoms with van der Waals surface area (Å²) in [6, 6.07) is 0. The van der Waals surface area contributed by atoms with Crippen LogP contribution in [0, 0.1) is 0 Å². The minimum Gasteiger partial charge on any atom is -0.380 e. The second kappa shape index (κ2) is 5.78. The number of hydrazine groups is 1. The Morgan fingerprint density at radius 3 is 2.74 bits per heavy atom. The fourth-order valence-corrected chi connectivity index (χ4v) is 3.39. The van der Waals surface area contributed by atoms with Crippen LogP contribution in [0.25, 0.3) is 0 Å². The molecule has 2 rings (SSSR count). The lowest BCUT2D eigenvalue weighted by Gasteiger charge is -2.30. The lowest BCUT2D eigenvalue weighted by molar-refractivity contribution is 0.0572. The number of piperidine rings is 1. The molecule has 0 spiro atoms. The predicted octanol–water partition coefficient (Wildman–Crippen LogP) is -0.438. The Bertz CT molecular complexity index is 518. The summed E-state index contributed by atoms with van der Waals surface area (Å²) in [6.45, 7) is 0.842. The van der Waals surface area contributed by atoms with E-state index < -0.39 is 10.0 Å². The summed E-state index contributed by atoms with van der Waals surface area (Å²) in [4.78, 5) is 7.68. The molecule has 0 aromatic carbocycles. The van der Waals surface area contributed by atoms with Crippen molar-refractivity contribution in [2.45, 2.75) is 23.8 Å². The van der Waals surface area contributed by atoms with Crippen molar-refractivity contribution in [1.82, 2.24) is 14.3 Å². The van der Waals surface area contributed by atoms with Crippen LogP contribution in [0.1, 0.15) is 12.8 Å². The first-order valence-electron chi connectivity index (χ1n) is 5.89. The fourth-order valence-electron chi connectivity index (χ4n) is 1.99. The van der Waals surface area contributed by atoms with Gasteiger partial charge in [-0.25, -0.2) is 24.2 Å². The Labute approximate surface area is 112 Å². The summed E-state index contributed by atoms with van der Waals surface area (Å²) < 4.78 is 31.4. The maximum atomic E-state index is 12.4. The molecule has 1 unspecified atom stereocenters. The zero-order chi connectivity index (χ0) is 13.9. The number of hydrogen-bond acceptors (Lipinski definition) is 7. The van der Waals surface area contributed by atoms with Gasteiger partial charge in [0.05, 0.1) is 18.5 Å². The molecule has 106 valence electrons. The summed E-state index contributed by atoms with van der Waals surface area (Å²) in [5.74, 6) is 5.31. The number of hydrogen-bond donors (Lipinski definition) is 2. The molecule has 0 saturated carbocycles. The van der Waals surface area contributed by atoms with Gasteiger partial charge in [0.15, 0.2) is 0 Å². The fraction of sp³-hybridized carbons (Fsp3) is 0.600. The van der Waals surface area contributed by atoms with Gasteiger partial charge in [0.25, 0.3) is 0 Å². The first-order valence-corrected chi connectivity index (χ1v) is 7.33. The van der Waals surface area contributed by atoms with E-state index in [2.05, 4.69) is 15.4 Å². The Morgan fingerprint density at radius 1 is 1.47 bits per heavy atom. The minimum absolute atomic E-state index is 0.0586. The largest absolute Gasteiger partial charge is 0.380 e. The highest BCUT2D eigenvalue weighted by Crippen LogP contribution is 2.21. The summed E-state index contributed by atoms with van der Waals surface area (Å²) in [7, 11) is -1.98. The Balaban J connectivity index is 2.20. The van der Waals surface area contributed by atoms with E-state index in [-0.39, 0.29) is 16.9 Å². The smallest absolute Gasteiger partial charge is 0.246 e. The number of sulfonamides is 1.